The Morgan fingerprint density at radius 3 is 2.68 bits per heavy atom. The topological polar surface area (TPSA) is 72.1 Å². The van der Waals surface area contributed by atoms with Crippen molar-refractivity contribution in [2.24, 2.45) is 16.6 Å². The summed E-state index contributed by atoms with van der Waals surface area (Å²) in [4.78, 5) is 8.24. The van der Waals surface area contributed by atoms with Gasteiger partial charge in [0, 0.05) is 54.9 Å². The average molecular weight is 516 g/mol. The number of ether oxygens (including phenoxy) is 2. The van der Waals surface area contributed by atoms with Crippen LogP contribution in [0.25, 0.3) is 0 Å². The third-order valence-electron chi connectivity index (χ3n) is 4.76. The minimum Gasteiger partial charge on any atom is -0.497 e. The van der Waals surface area contributed by atoms with Crippen molar-refractivity contribution in [3.63, 3.8) is 0 Å². The van der Waals surface area contributed by atoms with Gasteiger partial charge in [0.1, 0.15) is 11.5 Å². The molecule has 1 fully saturated rings. The van der Waals surface area contributed by atoms with Crippen molar-refractivity contribution in [3.8, 4) is 11.5 Å². The average Bonchev–Trinajstić information content (AvgIpc) is 3.38. The lowest BCUT2D eigenvalue weighted by Gasteiger charge is -2.20. The second kappa shape index (κ2) is 11.4. The molecule has 0 radical (unpaired) electrons. The number of aliphatic imine (C=N–C) groups is 1. The quantitative estimate of drug-likeness (QED) is 0.320. The van der Waals surface area contributed by atoms with Crippen molar-refractivity contribution in [1.29, 1.82) is 0 Å². The van der Waals surface area contributed by atoms with Gasteiger partial charge in [0.05, 0.1) is 14.2 Å². The Morgan fingerprint density at radius 2 is 2.04 bits per heavy atom. The standard InChI is InChI=1S/C20H28N4O2S.HI/c1-25-17-10-16(11-18(12-17)26-2)24-8-6-15(14-24)13-23-20(21)22-7-5-19-4-3-9-27-19;/h3-4,9-12,15H,5-8,13-14H2,1-2H3,(H3,21,22,23);1H. The molecule has 0 saturated carbocycles. The summed E-state index contributed by atoms with van der Waals surface area (Å²) in [7, 11) is 3.35. The molecule has 0 amide bonds. The number of hydrogen-bond donors (Lipinski definition) is 2. The van der Waals surface area contributed by atoms with Crippen LogP contribution in [0, 0.1) is 5.92 Å². The van der Waals surface area contributed by atoms with Crippen molar-refractivity contribution in [3.05, 3.63) is 40.6 Å². The van der Waals surface area contributed by atoms with E-state index in [1.54, 1.807) is 25.6 Å². The summed E-state index contributed by atoms with van der Waals surface area (Å²) >= 11 is 1.77. The second-order valence-corrected chi connectivity index (χ2v) is 7.69. The van der Waals surface area contributed by atoms with Crippen LogP contribution in [0.1, 0.15) is 11.3 Å². The van der Waals surface area contributed by atoms with E-state index < -0.39 is 0 Å². The molecule has 1 aliphatic rings. The fraction of sp³-hybridized carbons (Fsp3) is 0.450. The largest absolute Gasteiger partial charge is 0.497 e. The van der Waals surface area contributed by atoms with Gasteiger partial charge in [-0.2, -0.15) is 0 Å². The molecule has 1 atom stereocenters. The van der Waals surface area contributed by atoms with Crippen LogP contribution in [0.3, 0.4) is 0 Å². The number of benzene rings is 1. The molecule has 2 heterocycles. The van der Waals surface area contributed by atoms with Gasteiger partial charge in [0.2, 0.25) is 0 Å². The Hall–Kier alpha value is -1.68. The summed E-state index contributed by atoms with van der Waals surface area (Å²) < 4.78 is 10.7. The summed E-state index contributed by atoms with van der Waals surface area (Å²) in [5, 5.41) is 5.30. The molecule has 1 unspecified atom stereocenters. The first kappa shape index (κ1) is 22.6. The first-order valence-electron chi connectivity index (χ1n) is 9.22. The van der Waals surface area contributed by atoms with Crippen molar-refractivity contribution in [2.75, 3.05) is 45.3 Å². The Balaban J connectivity index is 0.00000280. The predicted molar refractivity (Wildman–Crippen MR) is 128 cm³/mol. The van der Waals surface area contributed by atoms with Crippen LogP contribution in [0.4, 0.5) is 5.69 Å². The number of nitrogens with two attached hydrogens (primary N) is 1. The van der Waals surface area contributed by atoms with E-state index >= 15 is 0 Å². The molecule has 2 aromatic rings. The lowest BCUT2D eigenvalue weighted by atomic mass is 10.1. The number of guanidine groups is 1. The van der Waals surface area contributed by atoms with E-state index in [2.05, 4.69) is 44.9 Å². The Kier molecular flexibility index (Phi) is 9.17. The van der Waals surface area contributed by atoms with Crippen LogP contribution < -0.4 is 25.4 Å². The van der Waals surface area contributed by atoms with Crippen LogP contribution in [0.5, 0.6) is 11.5 Å². The molecule has 3 N–H and O–H groups in total. The number of halogens is 1. The van der Waals surface area contributed by atoms with Crippen molar-refractivity contribution in [2.45, 2.75) is 12.8 Å². The number of nitrogens with zero attached hydrogens (tertiary/aromatic N) is 2. The fourth-order valence-electron chi connectivity index (χ4n) is 3.24. The molecule has 6 nitrogen and oxygen atoms in total. The van der Waals surface area contributed by atoms with Gasteiger partial charge in [-0.1, -0.05) is 6.07 Å². The highest BCUT2D eigenvalue weighted by atomic mass is 127. The molecule has 8 heteroatoms. The van der Waals surface area contributed by atoms with E-state index in [0.29, 0.717) is 11.9 Å². The van der Waals surface area contributed by atoms with Gasteiger partial charge >= 0.3 is 0 Å². The maximum Gasteiger partial charge on any atom is 0.188 e. The first-order chi connectivity index (χ1) is 13.2. The number of nitrogens with one attached hydrogen (secondary N) is 1. The fourth-order valence-corrected chi connectivity index (χ4v) is 3.95. The molecular weight excluding hydrogens is 487 g/mol. The summed E-state index contributed by atoms with van der Waals surface area (Å²) in [5.74, 6) is 2.66. The van der Waals surface area contributed by atoms with Crippen molar-refractivity contribution < 1.29 is 9.47 Å². The van der Waals surface area contributed by atoms with E-state index in [0.717, 1.165) is 56.2 Å². The molecule has 28 heavy (non-hydrogen) atoms. The smallest absolute Gasteiger partial charge is 0.188 e. The Bertz CT molecular complexity index is 732. The zero-order chi connectivity index (χ0) is 19.1. The molecule has 1 aliphatic heterocycles. The third kappa shape index (κ3) is 6.44. The molecule has 154 valence electrons. The second-order valence-electron chi connectivity index (χ2n) is 6.65. The highest BCUT2D eigenvalue weighted by molar-refractivity contribution is 14.0. The molecule has 3 rings (SSSR count). The third-order valence-corrected chi connectivity index (χ3v) is 5.70. The lowest BCUT2D eigenvalue weighted by Crippen LogP contribution is -2.33. The van der Waals surface area contributed by atoms with E-state index in [1.807, 2.05) is 6.07 Å². The molecule has 0 spiro atoms. The summed E-state index contributed by atoms with van der Waals surface area (Å²) in [5.41, 5.74) is 7.13. The molecule has 0 bridgehead atoms. The highest BCUT2D eigenvalue weighted by Crippen LogP contribution is 2.31. The van der Waals surface area contributed by atoms with Crippen LogP contribution >= 0.6 is 35.3 Å². The molecule has 1 saturated heterocycles. The van der Waals surface area contributed by atoms with Crippen molar-refractivity contribution >= 4 is 47.0 Å². The minimum absolute atomic E-state index is 0. The zero-order valence-corrected chi connectivity index (χ0v) is 19.5. The monoisotopic (exact) mass is 516 g/mol. The maximum absolute atomic E-state index is 6.01. The van der Waals surface area contributed by atoms with Gasteiger partial charge < -0.3 is 25.4 Å². The number of methoxy groups -OCH3 is 2. The van der Waals surface area contributed by atoms with Crippen LogP contribution in [0.15, 0.2) is 40.7 Å². The van der Waals surface area contributed by atoms with Gasteiger partial charge in [0.25, 0.3) is 0 Å². The molecule has 1 aromatic heterocycles. The summed E-state index contributed by atoms with van der Waals surface area (Å²) in [6.07, 6.45) is 2.08. The predicted octanol–water partition coefficient (Wildman–Crippen LogP) is 3.36. The number of thiophene rings is 1. The van der Waals surface area contributed by atoms with Gasteiger partial charge in [-0.3, -0.25) is 4.99 Å². The van der Waals surface area contributed by atoms with Gasteiger partial charge in [0.15, 0.2) is 5.96 Å². The van der Waals surface area contributed by atoms with E-state index in [-0.39, 0.29) is 24.0 Å². The Labute approximate surface area is 188 Å². The normalized spacial score (nSPS) is 16.6. The SMILES string of the molecule is COc1cc(OC)cc(N2CCC(CN=C(N)NCCc3cccs3)C2)c1.I. The zero-order valence-electron chi connectivity index (χ0n) is 16.4. The Morgan fingerprint density at radius 1 is 1.29 bits per heavy atom. The summed E-state index contributed by atoms with van der Waals surface area (Å²) in [6, 6.07) is 10.2. The molecule has 0 aliphatic carbocycles. The van der Waals surface area contributed by atoms with E-state index in [9.17, 15) is 0 Å². The highest BCUT2D eigenvalue weighted by Gasteiger charge is 2.23. The number of hydrogen-bond acceptors (Lipinski definition) is 5. The van der Waals surface area contributed by atoms with Gasteiger partial charge in [-0.05, 0) is 30.2 Å². The number of anilines is 1. The lowest BCUT2D eigenvalue weighted by molar-refractivity contribution is 0.394. The van der Waals surface area contributed by atoms with Crippen LogP contribution in [-0.2, 0) is 6.42 Å². The van der Waals surface area contributed by atoms with Crippen LogP contribution in [0.2, 0.25) is 0 Å². The number of rotatable bonds is 8. The molecule has 1 aromatic carbocycles. The van der Waals surface area contributed by atoms with Gasteiger partial charge in [-0.25, -0.2) is 0 Å². The first-order valence-corrected chi connectivity index (χ1v) is 10.1. The van der Waals surface area contributed by atoms with Crippen molar-refractivity contribution in [1.82, 2.24) is 5.32 Å². The molecular formula is C20H29IN4O2S. The minimum atomic E-state index is 0. The van der Waals surface area contributed by atoms with E-state index in [1.165, 1.54) is 4.88 Å². The maximum atomic E-state index is 6.01. The van der Waals surface area contributed by atoms with Crippen LogP contribution in [-0.4, -0.2) is 46.4 Å². The van der Waals surface area contributed by atoms with Gasteiger partial charge in [-0.15, -0.1) is 35.3 Å². The summed E-state index contributed by atoms with van der Waals surface area (Å²) in [6.45, 7) is 3.52. The van der Waals surface area contributed by atoms with E-state index in [4.69, 9.17) is 15.2 Å².